The van der Waals surface area contributed by atoms with Crippen molar-refractivity contribution in [2.24, 2.45) is 0 Å². The van der Waals surface area contributed by atoms with Crippen LogP contribution < -0.4 is 20.3 Å². The first-order chi connectivity index (χ1) is 14.4. The first-order valence-electron chi connectivity index (χ1n) is 9.80. The molecule has 1 atom stereocenters. The van der Waals surface area contributed by atoms with Gasteiger partial charge in [0.25, 0.3) is 17.7 Å². The fraction of sp³-hybridized carbons (Fsp3) is 0.318. The first-order valence-corrected chi connectivity index (χ1v) is 9.80. The average Bonchev–Trinajstić information content (AvgIpc) is 3.27. The number of likely N-dealkylation sites (N-methyl/N-ethyl adjacent to an activating group) is 1. The summed E-state index contributed by atoms with van der Waals surface area (Å²) in [4.78, 5) is 38.3. The maximum absolute atomic E-state index is 12.8. The molecule has 0 aliphatic carbocycles. The minimum absolute atomic E-state index is 0.0351. The Hall–Kier alpha value is -3.39. The Bertz CT molecular complexity index is 1010. The molecule has 2 aromatic rings. The number of nitrogens with zero attached hydrogens (tertiary/aromatic N) is 1. The van der Waals surface area contributed by atoms with E-state index in [-0.39, 0.29) is 24.3 Å². The molecule has 1 saturated heterocycles. The number of amides is 3. The third-order valence-electron chi connectivity index (χ3n) is 5.28. The van der Waals surface area contributed by atoms with E-state index < -0.39 is 6.10 Å². The van der Waals surface area contributed by atoms with Gasteiger partial charge in [-0.3, -0.25) is 14.4 Å². The number of anilines is 3. The number of aryl methyl sites for hydroxylation is 1. The predicted octanol–water partition coefficient (Wildman–Crippen LogP) is 2.72. The van der Waals surface area contributed by atoms with Gasteiger partial charge in [0.1, 0.15) is 11.9 Å². The fourth-order valence-electron chi connectivity index (χ4n) is 3.45. The molecular formula is C22H23N3O5. The van der Waals surface area contributed by atoms with E-state index in [1.54, 1.807) is 43.4 Å². The summed E-state index contributed by atoms with van der Waals surface area (Å²) in [5.41, 5.74) is 3.05. The van der Waals surface area contributed by atoms with E-state index in [4.69, 9.17) is 9.47 Å². The van der Waals surface area contributed by atoms with Gasteiger partial charge in [0.05, 0.1) is 5.69 Å². The topological polar surface area (TPSA) is 97.0 Å². The lowest BCUT2D eigenvalue weighted by Gasteiger charge is -2.26. The molecule has 0 radical (unpaired) electrons. The molecule has 0 aromatic heterocycles. The quantitative estimate of drug-likeness (QED) is 0.809. The second-order valence-corrected chi connectivity index (χ2v) is 7.40. The monoisotopic (exact) mass is 409 g/mol. The van der Waals surface area contributed by atoms with E-state index in [1.807, 2.05) is 6.92 Å². The maximum Gasteiger partial charge on any atom is 0.264 e. The van der Waals surface area contributed by atoms with Crippen LogP contribution in [0.25, 0.3) is 0 Å². The van der Waals surface area contributed by atoms with Crippen LogP contribution in [0.2, 0.25) is 0 Å². The van der Waals surface area contributed by atoms with Crippen LogP contribution in [0, 0.1) is 6.92 Å². The Morgan fingerprint density at radius 2 is 1.97 bits per heavy atom. The van der Waals surface area contributed by atoms with Crippen LogP contribution >= 0.6 is 0 Å². The summed E-state index contributed by atoms with van der Waals surface area (Å²) < 4.78 is 10.9. The van der Waals surface area contributed by atoms with Gasteiger partial charge in [-0.15, -0.1) is 0 Å². The maximum atomic E-state index is 12.8. The Kier molecular flexibility index (Phi) is 5.41. The van der Waals surface area contributed by atoms with Gasteiger partial charge in [0, 0.05) is 36.7 Å². The molecule has 8 heteroatoms. The van der Waals surface area contributed by atoms with Crippen molar-refractivity contribution in [2.75, 3.05) is 35.8 Å². The first kappa shape index (κ1) is 19.9. The third-order valence-corrected chi connectivity index (χ3v) is 5.28. The van der Waals surface area contributed by atoms with Gasteiger partial charge in [-0.1, -0.05) is 6.07 Å². The molecule has 2 N–H and O–H groups in total. The SMILES string of the molecule is Cc1ccc(C(=O)Nc2ccc3c(c2)OCC(=O)N3C)cc1NC(=O)[C@H]1CCCO1. The third kappa shape index (κ3) is 3.99. The molecule has 0 saturated carbocycles. The van der Waals surface area contributed by atoms with E-state index in [1.165, 1.54) is 4.90 Å². The summed E-state index contributed by atoms with van der Waals surface area (Å²) in [5, 5.41) is 5.69. The van der Waals surface area contributed by atoms with E-state index in [9.17, 15) is 14.4 Å². The van der Waals surface area contributed by atoms with Crippen LogP contribution in [0.3, 0.4) is 0 Å². The van der Waals surface area contributed by atoms with Crippen molar-refractivity contribution >= 4 is 34.8 Å². The van der Waals surface area contributed by atoms with Crippen molar-refractivity contribution in [3.8, 4) is 5.75 Å². The number of carbonyl (C=O) groups is 3. The molecule has 3 amide bonds. The van der Waals surface area contributed by atoms with Crippen molar-refractivity contribution in [3.05, 3.63) is 47.5 Å². The summed E-state index contributed by atoms with van der Waals surface area (Å²) in [5.74, 6) is -0.110. The highest BCUT2D eigenvalue weighted by molar-refractivity contribution is 6.06. The summed E-state index contributed by atoms with van der Waals surface area (Å²) in [7, 11) is 1.68. The highest BCUT2D eigenvalue weighted by Gasteiger charge is 2.25. The number of hydrogen-bond donors (Lipinski definition) is 2. The molecule has 2 heterocycles. The van der Waals surface area contributed by atoms with Gasteiger partial charge in [-0.2, -0.15) is 0 Å². The normalized spacial score (nSPS) is 17.9. The molecule has 8 nitrogen and oxygen atoms in total. The zero-order chi connectivity index (χ0) is 21.3. The Balaban J connectivity index is 1.48. The zero-order valence-electron chi connectivity index (χ0n) is 16.9. The smallest absolute Gasteiger partial charge is 0.264 e. The van der Waals surface area contributed by atoms with E-state index in [0.717, 1.165) is 12.0 Å². The second-order valence-electron chi connectivity index (χ2n) is 7.40. The van der Waals surface area contributed by atoms with E-state index in [2.05, 4.69) is 10.6 Å². The van der Waals surface area contributed by atoms with Crippen LogP contribution in [0.15, 0.2) is 36.4 Å². The van der Waals surface area contributed by atoms with Crippen molar-refractivity contribution in [1.82, 2.24) is 0 Å². The van der Waals surface area contributed by atoms with Gasteiger partial charge in [0.2, 0.25) is 0 Å². The molecule has 0 spiro atoms. The lowest BCUT2D eigenvalue weighted by molar-refractivity contribution is -0.124. The molecule has 4 rings (SSSR count). The predicted molar refractivity (Wildman–Crippen MR) is 112 cm³/mol. The van der Waals surface area contributed by atoms with Crippen molar-refractivity contribution in [1.29, 1.82) is 0 Å². The van der Waals surface area contributed by atoms with Crippen molar-refractivity contribution < 1.29 is 23.9 Å². The van der Waals surface area contributed by atoms with Gasteiger partial charge in [0.15, 0.2) is 6.61 Å². The highest BCUT2D eigenvalue weighted by Crippen LogP contribution is 2.33. The molecular weight excluding hydrogens is 386 g/mol. The summed E-state index contributed by atoms with van der Waals surface area (Å²) >= 11 is 0. The van der Waals surface area contributed by atoms with Crippen molar-refractivity contribution in [2.45, 2.75) is 25.9 Å². The zero-order valence-corrected chi connectivity index (χ0v) is 16.9. The Morgan fingerprint density at radius 1 is 1.13 bits per heavy atom. The lowest BCUT2D eigenvalue weighted by atomic mass is 10.1. The van der Waals surface area contributed by atoms with Crippen LogP contribution in [0.1, 0.15) is 28.8 Å². The van der Waals surface area contributed by atoms with Crippen LogP contribution in [0.4, 0.5) is 17.1 Å². The van der Waals surface area contributed by atoms with E-state index in [0.29, 0.717) is 41.4 Å². The molecule has 156 valence electrons. The summed E-state index contributed by atoms with van der Waals surface area (Å²) in [6.07, 6.45) is 1.13. The number of benzene rings is 2. The van der Waals surface area contributed by atoms with Crippen LogP contribution in [-0.4, -0.2) is 44.1 Å². The standard InChI is InChI=1S/C22H23N3O5/c1-13-5-6-14(10-16(13)24-22(28)18-4-3-9-29-18)21(27)23-15-7-8-17-19(11-15)30-12-20(26)25(17)2/h5-8,10-11,18H,3-4,9,12H2,1-2H3,(H,23,27)(H,24,28)/t18-/m1/s1. The number of ether oxygens (including phenoxy) is 2. The summed E-state index contributed by atoms with van der Waals surface area (Å²) in [6, 6.07) is 10.3. The largest absolute Gasteiger partial charge is 0.481 e. The van der Waals surface area contributed by atoms with Crippen molar-refractivity contribution in [3.63, 3.8) is 0 Å². The Labute approximate surface area is 174 Å². The van der Waals surface area contributed by atoms with Gasteiger partial charge < -0.3 is 25.0 Å². The second kappa shape index (κ2) is 8.16. The summed E-state index contributed by atoms with van der Waals surface area (Å²) in [6.45, 7) is 2.42. The fourth-order valence-corrected chi connectivity index (χ4v) is 3.45. The van der Waals surface area contributed by atoms with Gasteiger partial charge in [-0.05, 0) is 49.6 Å². The minimum Gasteiger partial charge on any atom is -0.481 e. The number of fused-ring (bicyclic) bond motifs is 1. The molecule has 0 bridgehead atoms. The molecule has 2 aliphatic heterocycles. The Morgan fingerprint density at radius 3 is 2.73 bits per heavy atom. The number of carbonyl (C=O) groups excluding carboxylic acids is 3. The molecule has 2 aromatic carbocycles. The van der Waals surface area contributed by atoms with E-state index >= 15 is 0 Å². The van der Waals surface area contributed by atoms with Crippen LogP contribution in [0.5, 0.6) is 5.75 Å². The molecule has 2 aliphatic rings. The average molecular weight is 409 g/mol. The minimum atomic E-state index is -0.442. The molecule has 1 fully saturated rings. The van der Waals surface area contributed by atoms with Gasteiger partial charge >= 0.3 is 0 Å². The van der Waals surface area contributed by atoms with Crippen LogP contribution in [-0.2, 0) is 14.3 Å². The molecule has 0 unspecified atom stereocenters. The highest BCUT2D eigenvalue weighted by atomic mass is 16.5. The number of nitrogens with one attached hydrogen (secondary N) is 2. The lowest BCUT2D eigenvalue weighted by Crippen LogP contribution is -2.35. The number of hydrogen-bond acceptors (Lipinski definition) is 5. The number of rotatable bonds is 4. The van der Waals surface area contributed by atoms with Gasteiger partial charge in [-0.25, -0.2) is 0 Å². The molecule has 30 heavy (non-hydrogen) atoms.